The second-order valence-electron chi connectivity index (χ2n) is 4.54. The molecule has 0 spiro atoms. The van der Waals surface area contributed by atoms with E-state index in [4.69, 9.17) is 4.74 Å². The van der Waals surface area contributed by atoms with E-state index in [0.717, 1.165) is 55.6 Å². The van der Waals surface area contributed by atoms with Gasteiger partial charge >= 0.3 is 0 Å². The fourth-order valence-electron chi connectivity index (χ4n) is 1.63. The molecular weight excluding hydrogens is 399 g/mol. The second-order valence-corrected chi connectivity index (χ2v) is 5.60. The molecule has 0 aliphatic carbocycles. The molecular formula is C14H27IN4OS. The first-order valence-electron chi connectivity index (χ1n) is 7.18. The Morgan fingerprint density at radius 2 is 2.14 bits per heavy atom. The van der Waals surface area contributed by atoms with Gasteiger partial charge < -0.3 is 15.4 Å². The van der Waals surface area contributed by atoms with Crippen molar-refractivity contribution >= 4 is 41.3 Å². The predicted molar refractivity (Wildman–Crippen MR) is 101 cm³/mol. The summed E-state index contributed by atoms with van der Waals surface area (Å²) in [5, 5.41) is 9.85. The number of nitrogens with one attached hydrogen (secondary N) is 2. The second kappa shape index (κ2) is 13.3. The number of guanidine groups is 1. The zero-order chi connectivity index (χ0) is 14.6. The van der Waals surface area contributed by atoms with E-state index in [2.05, 4.69) is 32.9 Å². The average molecular weight is 426 g/mol. The number of hydrogen-bond acceptors (Lipinski definition) is 4. The fraction of sp³-hybridized carbons (Fsp3) is 0.714. The predicted octanol–water partition coefficient (Wildman–Crippen LogP) is 2.59. The molecule has 0 saturated carbocycles. The quantitative estimate of drug-likeness (QED) is 0.276. The van der Waals surface area contributed by atoms with Crippen molar-refractivity contribution in [2.24, 2.45) is 4.99 Å². The molecule has 1 rings (SSSR count). The molecule has 1 aromatic heterocycles. The molecule has 0 saturated heterocycles. The highest BCUT2D eigenvalue weighted by molar-refractivity contribution is 14.0. The lowest BCUT2D eigenvalue weighted by atomic mass is 10.3. The van der Waals surface area contributed by atoms with E-state index in [0.29, 0.717) is 6.61 Å². The van der Waals surface area contributed by atoms with Crippen molar-refractivity contribution < 1.29 is 4.74 Å². The van der Waals surface area contributed by atoms with E-state index >= 15 is 0 Å². The Bertz CT molecular complexity index is 398. The van der Waals surface area contributed by atoms with E-state index in [9.17, 15) is 0 Å². The molecule has 0 aliphatic rings. The number of ether oxygens (including phenoxy) is 1. The smallest absolute Gasteiger partial charge is 0.191 e. The summed E-state index contributed by atoms with van der Waals surface area (Å²) in [6, 6.07) is 0. The molecule has 1 aromatic rings. The standard InChI is InChI=1S/C14H26N4OS.HI/c1-4-5-7-15-14(17-9-10-19-3)16-8-6-13-11-20-12(2)18-13;/h11H,4-10H2,1-3H3,(H2,15,16,17);1H. The lowest BCUT2D eigenvalue weighted by molar-refractivity contribution is 0.203. The van der Waals surface area contributed by atoms with Crippen molar-refractivity contribution in [3.05, 3.63) is 16.1 Å². The maximum atomic E-state index is 5.04. The number of halogens is 1. The van der Waals surface area contributed by atoms with Gasteiger partial charge in [0, 0.05) is 38.5 Å². The van der Waals surface area contributed by atoms with Gasteiger partial charge in [-0.25, -0.2) is 4.98 Å². The molecule has 5 nitrogen and oxygen atoms in total. The van der Waals surface area contributed by atoms with Crippen LogP contribution in [0.4, 0.5) is 0 Å². The Kier molecular flexibility index (Phi) is 13.0. The molecule has 2 N–H and O–H groups in total. The Morgan fingerprint density at radius 1 is 1.38 bits per heavy atom. The highest BCUT2D eigenvalue weighted by Crippen LogP contribution is 2.07. The highest BCUT2D eigenvalue weighted by Gasteiger charge is 2.00. The van der Waals surface area contributed by atoms with Crippen LogP contribution in [0.3, 0.4) is 0 Å². The van der Waals surface area contributed by atoms with Crippen molar-refractivity contribution in [1.29, 1.82) is 0 Å². The van der Waals surface area contributed by atoms with Crippen LogP contribution in [0.5, 0.6) is 0 Å². The minimum Gasteiger partial charge on any atom is -0.383 e. The van der Waals surface area contributed by atoms with Crippen LogP contribution in [-0.2, 0) is 11.2 Å². The van der Waals surface area contributed by atoms with Crippen molar-refractivity contribution in [2.45, 2.75) is 33.1 Å². The lowest BCUT2D eigenvalue weighted by Crippen LogP contribution is -2.40. The number of unbranched alkanes of at least 4 members (excludes halogenated alkanes) is 1. The molecule has 0 bridgehead atoms. The van der Waals surface area contributed by atoms with Crippen molar-refractivity contribution in [1.82, 2.24) is 15.6 Å². The maximum Gasteiger partial charge on any atom is 0.191 e. The van der Waals surface area contributed by atoms with Crippen LogP contribution < -0.4 is 10.6 Å². The van der Waals surface area contributed by atoms with E-state index < -0.39 is 0 Å². The van der Waals surface area contributed by atoms with Gasteiger partial charge in [0.1, 0.15) is 0 Å². The van der Waals surface area contributed by atoms with Crippen LogP contribution in [0.2, 0.25) is 0 Å². The van der Waals surface area contributed by atoms with Crippen LogP contribution >= 0.6 is 35.3 Å². The van der Waals surface area contributed by atoms with Gasteiger partial charge in [-0.1, -0.05) is 13.3 Å². The van der Waals surface area contributed by atoms with Crippen molar-refractivity contribution in [2.75, 3.05) is 33.4 Å². The van der Waals surface area contributed by atoms with Crippen molar-refractivity contribution in [3.63, 3.8) is 0 Å². The first kappa shape index (κ1) is 20.6. The van der Waals surface area contributed by atoms with Gasteiger partial charge in [0.05, 0.1) is 17.3 Å². The number of methoxy groups -OCH3 is 1. The maximum absolute atomic E-state index is 5.04. The summed E-state index contributed by atoms with van der Waals surface area (Å²) in [5.74, 6) is 0.863. The summed E-state index contributed by atoms with van der Waals surface area (Å²) >= 11 is 1.70. The summed E-state index contributed by atoms with van der Waals surface area (Å²) in [6.45, 7) is 7.35. The van der Waals surface area contributed by atoms with Gasteiger partial charge in [-0.3, -0.25) is 4.99 Å². The Balaban J connectivity index is 0.00000400. The molecule has 21 heavy (non-hydrogen) atoms. The van der Waals surface area contributed by atoms with E-state index in [1.54, 1.807) is 18.4 Å². The minimum absolute atomic E-state index is 0. The van der Waals surface area contributed by atoms with Gasteiger partial charge in [-0.05, 0) is 13.3 Å². The number of aliphatic imine (C=N–C) groups is 1. The van der Waals surface area contributed by atoms with Gasteiger partial charge in [0.2, 0.25) is 0 Å². The SMILES string of the molecule is CCCCN=C(NCCOC)NCCc1csc(C)n1.I. The zero-order valence-electron chi connectivity index (χ0n) is 13.1. The Morgan fingerprint density at radius 3 is 2.76 bits per heavy atom. The lowest BCUT2D eigenvalue weighted by Gasteiger charge is -2.11. The first-order chi connectivity index (χ1) is 9.76. The number of nitrogens with zero attached hydrogens (tertiary/aromatic N) is 2. The average Bonchev–Trinajstić information content (AvgIpc) is 2.84. The molecule has 0 aromatic carbocycles. The molecule has 0 atom stereocenters. The number of aromatic nitrogens is 1. The summed E-state index contributed by atoms with van der Waals surface area (Å²) in [4.78, 5) is 9.00. The zero-order valence-corrected chi connectivity index (χ0v) is 16.3. The fourth-order valence-corrected chi connectivity index (χ4v) is 2.27. The molecule has 0 radical (unpaired) electrons. The summed E-state index contributed by atoms with van der Waals surface area (Å²) in [6.07, 6.45) is 3.19. The number of thiazole rings is 1. The highest BCUT2D eigenvalue weighted by atomic mass is 127. The molecule has 1 heterocycles. The Hall–Kier alpha value is -0.410. The summed E-state index contributed by atoms with van der Waals surface area (Å²) in [7, 11) is 1.70. The van der Waals surface area contributed by atoms with Gasteiger partial charge in [-0.15, -0.1) is 35.3 Å². The van der Waals surface area contributed by atoms with Crippen LogP contribution in [0, 0.1) is 6.92 Å². The minimum atomic E-state index is 0. The van der Waals surface area contributed by atoms with E-state index in [1.165, 1.54) is 0 Å². The number of hydrogen-bond donors (Lipinski definition) is 2. The normalized spacial score (nSPS) is 11.1. The molecule has 0 fully saturated rings. The summed E-state index contributed by atoms with van der Waals surface area (Å²) < 4.78 is 5.04. The third kappa shape index (κ3) is 10.0. The topological polar surface area (TPSA) is 58.5 Å². The van der Waals surface area contributed by atoms with Crippen LogP contribution in [0.1, 0.15) is 30.5 Å². The first-order valence-corrected chi connectivity index (χ1v) is 8.06. The summed E-state index contributed by atoms with van der Waals surface area (Å²) in [5.41, 5.74) is 1.14. The van der Waals surface area contributed by atoms with Crippen LogP contribution in [0.15, 0.2) is 10.4 Å². The third-order valence-corrected chi connectivity index (χ3v) is 3.54. The molecule has 0 aliphatic heterocycles. The third-order valence-electron chi connectivity index (χ3n) is 2.72. The largest absolute Gasteiger partial charge is 0.383 e. The number of aryl methyl sites for hydroxylation is 1. The van der Waals surface area contributed by atoms with Crippen LogP contribution in [-0.4, -0.2) is 44.3 Å². The van der Waals surface area contributed by atoms with E-state index in [-0.39, 0.29) is 24.0 Å². The monoisotopic (exact) mass is 426 g/mol. The molecule has 122 valence electrons. The molecule has 7 heteroatoms. The molecule has 0 unspecified atom stereocenters. The van der Waals surface area contributed by atoms with Crippen LogP contribution in [0.25, 0.3) is 0 Å². The van der Waals surface area contributed by atoms with E-state index in [1.807, 2.05) is 6.92 Å². The van der Waals surface area contributed by atoms with Gasteiger partial charge in [-0.2, -0.15) is 0 Å². The van der Waals surface area contributed by atoms with Gasteiger partial charge in [0.15, 0.2) is 5.96 Å². The van der Waals surface area contributed by atoms with Gasteiger partial charge in [0.25, 0.3) is 0 Å². The Labute approximate surface area is 149 Å². The van der Waals surface area contributed by atoms with Crippen molar-refractivity contribution in [3.8, 4) is 0 Å². The molecule has 0 amide bonds. The number of rotatable bonds is 9.